The van der Waals surface area contributed by atoms with Crippen molar-refractivity contribution in [2.45, 2.75) is 156 Å². The molecule has 0 aromatic heterocycles. The minimum absolute atomic E-state index is 0.692. The second-order valence-electron chi connectivity index (χ2n) is 10.1. The summed E-state index contributed by atoms with van der Waals surface area (Å²) in [5, 5.41) is 0. The van der Waals surface area contributed by atoms with E-state index in [1.54, 1.807) is 0 Å². The van der Waals surface area contributed by atoms with Crippen LogP contribution in [0.2, 0.25) is 0 Å². The third kappa shape index (κ3) is 24.1. The molecule has 2 atom stereocenters. The van der Waals surface area contributed by atoms with Gasteiger partial charge in [0.1, 0.15) is 6.29 Å². The number of hydrogen-bond acceptors (Lipinski definition) is 2. The third-order valence-electron chi connectivity index (χ3n) is 6.85. The molecule has 2 heteroatoms. The number of carbonyl (C=O) groups excluding carboxylic acids is 1. The zero-order valence-electron chi connectivity index (χ0n) is 21.8. The van der Waals surface area contributed by atoms with Crippen LogP contribution in [0.4, 0.5) is 0 Å². The van der Waals surface area contributed by atoms with E-state index in [9.17, 15) is 4.79 Å². The molecule has 31 heavy (non-hydrogen) atoms. The summed E-state index contributed by atoms with van der Waals surface area (Å²) in [6.07, 6.45) is 29.0. The zero-order valence-corrected chi connectivity index (χ0v) is 21.8. The summed E-state index contributed by atoms with van der Waals surface area (Å²) < 4.78 is 6.10. The standard InChI is InChI=1S/C29H58O2/c1-4-6-7-8-9-10-11-14-17-20-23-29(27-31-26-28(3)5-2)24-21-18-15-12-13-16-19-22-25-30/h25,28-29H,4-24,26-27H2,1-3H3. The van der Waals surface area contributed by atoms with Crippen molar-refractivity contribution in [2.24, 2.45) is 11.8 Å². The van der Waals surface area contributed by atoms with Crippen molar-refractivity contribution in [3.05, 3.63) is 0 Å². The van der Waals surface area contributed by atoms with Crippen molar-refractivity contribution in [1.29, 1.82) is 0 Å². The fourth-order valence-electron chi connectivity index (χ4n) is 4.33. The lowest BCUT2D eigenvalue weighted by Crippen LogP contribution is -2.14. The molecule has 0 N–H and O–H groups in total. The van der Waals surface area contributed by atoms with Crippen LogP contribution in [0.3, 0.4) is 0 Å². The molecular weight excluding hydrogens is 380 g/mol. The minimum Gasteiger partial charge on any atom is -0.381 e. The SMILES string of the molecule is CCCCCCCCCCCCC(CCCCCCCCCC=O)COCC(C)CC. The lowest BCUT2D eigenvalue weighted by atomic mass is 9.94. The van der Waals surface area contributed by atoms with Gasteiger partial charge in [0.25, 0.3) is 0 Å². The van der Waals surface area contributed by atoms with Gasteiger partial charge in [-0.2, -0.15) is 0 Å². The van der Waals surface area contributed by atoms with Gasteiger partial charge in [-0.05, 0) is 31.1 Å². The number of hydrogen-bond donors (Lipinski definition) is 0. The second-order valence-corrected chi connectivity index (χ2v) is 10.1. The quantitative estimate of drug-likeness (QED) is 0.0992. The van der Waals surface area contributed by atoms with E-state index in [0.29, 0.717) is 5.92 Å². The van der Waals surface area contributed by atoms with Gasteiger partial charge >= 0.3 is 0 Å². The first-order chi connectivity index (χ1) is 15.2. The Hall–Kier alpha value is -0.370. The summed E-state index contributed by atoms with van der Waals surface area (Å²) in [6, 6.07) is 0. The summed E-state index contributed by atoms with van der Waals surface area (Å²) in [5.41, 5.74) is 0. The van der Waals surface area contributed by atoms with Gasteiger partial charge in [0, 0.05) is 19.6 Å². The van der Waals surface area contributed by atoms with Gasteiger partial charge in [0.2, 0.25) is 0 Å². The van der Waals surface area contributed by atoms with Gasteiger partial charge in [-0.3, -0.25) is 0 Å². The first-order valence-corrected chi connectivity index (χ1v) is 14.3. The number of rotatable bonds is 26. The highest BCUT2D eigenvalue weighted by Gasteiger charge is 2.10. The molecule has 186 valence electrons. The van der Waals surface area contributed by atoms with Crippen molar-refractivity contribution in [1.82, 2.24) is 0 Å². The van der Waals surface area contributed by atoms with E-state index in [1.165, 1.54) is 122 Å². The van der Waals surface area contributed by atoms with E-state index in [2.05, 4.69) is 20.8 Å². The fourth-order valence-corrected chi connectivity index (χ4v) is 4.33. The van der Waals surface area contributed by atoms with E-state index in [1.807, 2.05) is 0 Å². The Morgan fingerprint density at radius 1 is 0.613 bits per heavy atom. The summed E-state index contributed by atoms with van der Waals surface area (Å²) in [4.78, 5) is 10.3. The first-order valence-electron chi connectivity index (χ1n) is 14.3. The number of aldehydes is 1. The molecule has 0 saturated carbocycles. The monoisotopic (exact) mass is 438 g/mol. The Morgan fingerprint density at radius 2 is 1.06 bits per heavy atom. The van der Waals surface area contributed by atoms with Crippen molar-refractivity contribution in [2.75, 3.05) is 13.2 Å². The summed E-state index contributed by atoms with van der Waals surface area (Å²) in [6.45, 7) is 8.77. The smallest absolute Gasteiger partial charge is 0.119 e. The highest BCUT2D eigenvalue weighted by atomic mass is 16.5. The summed E-state index contributed by atoms with van der Waals surface area (Å²) in [7, 11) is 0. The molecule has 0 aliphatic rings. The van der Waals surface area contributed by atoms with Crippen LogP contribution in [0.1, 0.15) is 156 Å². The maximum Gasteiger partial charge on any atom is 0.119 e. The average molecular weight is 439 g/mol. The van der Waals surface area contributed by atoms with E-state index in [0.717, 1.165) is 38.3 Å². The van der Waals surface area contributed by atoms with Crippen molar-refractivity contribution in [3.8, 4) is 0 Å². The fraction of sp³-hybridized carbons (Fsp3) is 0.966. The molecular formula is C29H58O2. The molecule has 0 saturated heterocycles. The van der Waals surface area contributed by atoms with E-state index < -0.39 is 0 Å². The molecule has 0 aromatic carbocycles. The van der Waals surface area contributed by atoms with Gasteiger partial charge in [-0.25, -0.2) is 0 Å². The van der Waals surface area contributed by atoms with Gasteiger partial charge in [-0.15, -0.1) is 0 Å². The largest absolute Gasteiger partial charge is 0.381 e. The van der Waals surface area contributed by atoms with Gasteiger partial charge in [0.15, 0.2) is 0 Å². The number of ether oxygens (including phenoxy) is 1. The molecule has 0 aromatic rings. The van der Waals surface area contributed by atoms with E-state index in [-0.39, 0.29) is 0 Å². The molecule has 2 nitrogen and oxygen atoms in total. The summed E-state index contributed by atoms with van der Waals surface area (Å²) in [5.74, 6) is 1.46. The van der Waals surface area contributed by atoms with Gasteiger partial charge in [0.05, 0.1) is 0 Å². The molecule has 0 aliphatic carbocycles. The minimum atomic E-state index is 0.692. The maximum atomic E-state index is 10.3. The lowest BCUT2D eigenvalue weighted by molar-refractivity contribution is -0.107. The molecule has 0 fully saturated rings. The predicted molar refractivity (Wildman–Crippen MR) is 138 cm³/mol. The van der Waals surface area contributed by atoms with Gasteiger partial charge in [-0.1, -0.05) is 130 Å². The van der Waals surface area contributed by atoms with Crippen molar-refractivity contribution in [3.63, 3.8) is 0 Å². The Morgan fingerprint density at radius 3 is 1.52 bits per heavy atom. The van der Waals surface area contributed by atoms with Crippen LogP contribution in [0.25, 0.3) is 0 Å². The van der Waals surface area contributed by atoms with Crippen LogP contribution >= 0.6 is 0 Å². The highest BCUT2D eigenvalue weighted by molar-refractivity contribution is 5.48. The molecule has 0 amide bonds. The molecule has 0 aliphatic heterocycles. The Balaban J connectivity index is 3.80. The Bertz CT molecular complexity index is 342. The van der Waals surface area contributed by atoms with E-state index >= 15 is 0 Å². The molecule has 0 heterocycles. The third-order valence-corrected chi connectivity index (χ3v) is 6.85. The average Bonchev–Trinajstić information content (AvgIpc) is 2.78. The predicted octanol–water partition coefficient (Wildman–Crippen LogP) is 9.69. The topological polar surface area (TPSA) is 26.3 Å². The van der Waals surface area contributed by atoms with Crippen molar-refractivity contribution < 1.29 is 9.53 Å². The Kier molecular flexibility index (Phi) is 25.6. The molecule has 0 bridgehead atoms. The normalized spacial score (nSPS) is 13.4. The van der Waals surface area contributed by atoms with Crippen LogP contribution < -0.4 is 0 Å². The van der Waals surface area contributed by atoms with E-state index in [4.69, 9.17) is 4.74 Å². The van der Waals surface area contributed by atoms with Gasteiger partial charge < -0.3 is 9.53 Å². The van der Waals surface area contributed by atoms with Crippen LogP contribution in [0, 0.1) is 11.8 Å². The van der Waals surface area contributed by atoms with Crippen LogP contribution in [0.15, 0.2) is 0 Å². The molecule has 0 rings (SSSR count). The van der Waals surface area contributed by atoms with Crippen molar-refractivity contribution >= 4 is 6.29 Å². The number of carbonyl (C=O) groups is 1. The summed E-state index contributed by atoms with van der Waals surface area (Å²) >= 11 is 0. The van der Waals surface area contributed by atoms with Crippen LogP contribution in [-0.2, 0) is 9.53 Å². The first kappa shape index (κ1) is 30.6. The van der Waals surface area contributed by atoms with Crippen LogP contribution in [0.5, 0.6) is 0 Å². The Labute approximate surface area is 196 Å². The lowest BCUT2D eigenvalue weighted by Gasteiger charge is -2.18. The zero-order chi connectivity index (χ0) is 22.8. The second kappa shape index (κ2) is 25.9. The molecule has 0 radical (unpaired) electrons. The molecule has 2 unspecified atom stereocenters. The highest BCUT2D eigenvalue weighted by Crippen LogP contribution is 2.20. The number of unbranched alkanes of at least 4 members (excludes halogenated alkanes) is 16. The van der Waals surface area contributed by atoms with Crippen LogP contribution in [-0.4, -0.2) is 19.5 Å². The maximum absolute atomic E-state index is 10.3. The molecule has 0 spiro atoms.